The van der Waals surface area contributed by atoms with E-state index in [-0.39, 0.29) is 11.3 Å². The Labute approximate surface area is 147 Å². The Bertz CT molecular complexity index is 536. The molecular weight excluding hydrogens is 324 g/mol. The van der Waals surface area contributed by atoms with E-state index >= 15 is 0 Å². The second-order valence-corrected chi connectivity index (χ2v) is 7.88. The highest BCUT2D eigenvalue weighted by atomic mass is 32.1. The van der Waals surface area contributed by atoms with E-state index in [1.807, 2.05) is 5.38 Å². The lowest BCUT2D eigenvalue weighted by molar-refractivity contribution is -0.118. The highest BCUT2D eigenvalue weighted by Crippen LogP contribution is 2.38. The van der Waals surface area contributed by atoms with Gasteiger partial charge in [-0.25, -0.2) is 4.98 Å². The molecule has 134 valence electrons. The standard InChI is InChI=1S/C17H28N4O2S/c18-13-17(4-2-1-3-5-17)10-15(22)20-16-19-14(12-24-16)11-21-6-8-23-9-7-21/h12H,1-11,13,18H2,(H,19,20,22). The zero-order valence-electron chi connectivity index (χ0n) is 14.3. The van der Waals surface area contributed by atoms with Gasteiger partial charge in [0.05, 0.1) is 18.9 Å². The Balaban J connectivity index is 1.51. The molecule has 0 atom stereocenters. The Kier molecular flexibility index (Phi) is 6.21. The van der Waals surface area contributed by atoms with E-state index in [0.29, 0.717) is 18.1 Å². The van der Waals surface area contributed by atoms with E-state index < -0.39 is 0 Å². The number of hydrogen-bond donors (Lipinski definition) is 2. The van der Waals surface area contributed by atoms with Gasteiger partial charge in [0.2, 0.25) is 5.91 Å². The molecule has 2 heterocycles. The van der Waals surface area contributed by atoms with Gasteiger partial charge in [-0.2, -0.15) is 0 Å². The predicted molar refractivity (Wildman–Crippen MR) is 96.0 cm³/mol. The number of ether oxygens (including phenoxy) is 1. The van der Waals surface area contributed by atoms with Gasteiger partial charge in [-0.15, -0.1) is 11.3 Å². The molecule has 0 radical (unpaired) electrons. The summed E-state index contributed by atoms with van der Waals surface area (Å²) in [7, 11) is 0. The Morgan fingerprint density at radius 2 is 2.08 bits per heavy atom. The van der Waals surface area contributed by atoms with Crippen LogP contribution in [0.1, 0.15) is 44.2 Å². The van der Waals surface area contributed by atoms with E-state index in [1.54, 1.807) is 0 Å². The van der Waals surface area contributed by atoms with Gasteiger partial charge in [0.15, 0.2) is 5.13 Å². The molecule has 2 fully saturated rings. The number of carbonyl (C=O) groups excluding carboxylic acids is 1. The number of amides is 1. The van der Waals surface area contributed by atoms with Crippen molar-refractivity contribution in [2.45, 2.75) is 45.1 Å². The van der Waals surface area contributed by atoms with E-state index in [2.05, 4.69) is 15.2 Å². The number of carbonyl (C=O) groups is 1. The van der Waals surface area contributed by atoms with Crippen LogP contribution in [0.15, 0.2) is 5.38 Å². The summed E-state index contributed by atoms with van der Waals surface area (Å²) in [4.78, 5) is 19.3. The normalized spacial score (nSPS) is 21.5. The van der Waals surface area contributed by atoms with Gasteiger partial charge in [-0.05, 0) is 24.8 Å². The number of nitrogens with two attached hydrogens (primary N) is 1. The summed E-state index contributed by atoms with van der Waals surface area (Å²) < 4.78 is 5.36. The zero-order valence-corrected chi connectivity index (χ0v) is 15.1. The molecule has 1 aliphatic heterocycles. The largest absolute Gasteiger partial charge is 0.379 e. The van der Waals surface area contributed by atoms with Crippen LogP contribution in [-0.2, 0) is 16.1 Å². The lowest BCUT2D eigenvalue weighted by Gasteiger charge is -2.35. The zero-order chi connectivity index (χ0) is 16.8. The molecule has 0 aromatic carbocycles. The van der Waals surface area contributed by atoms with Crippen LogP contribution in [0, 0.1) is 5.41 Å². The highest BCUT2D eigenvalue weighted by Gasteiger charge is 2.33. The quantitative estimate of drug-likeness (QED) is 0.820. The smallest absolute Gasteiger partial charge is 0.226 e. The predicted octanol–water partition coefficient (Wildman–Crippen LogP) is 2.21. The minimum absolute atomic E-state index is 0.00375. The molecule has 6 nitrogen and oxygen atoms in total. The summed E-state index contributed by atoms with van der Waals surface area (Å²) in [6.45, 7) is 4.88. The van der Waals surface area contributed by atoms with Crippen molar-refractivity contribution in [3.8, 4) is 0 Å². The second-order valence-electron chi connectivity index (χ2n) is 7.02. The minimum atomic E-state index is -0.00375. The lowest BCUT2D eigenvalue weighted by Crippen LogP contribution is -2.36. The summed E-state index contributed by atoms with van der Waals surface area (Å²) in [5.41, 5.74) is 6.99. The number of morpholine rings is 1. The maximum Gasteiger partial charge on any atom is 0.226 e. The van der Waals surface area contributed by atoms with Gasteiger partial charge in [-0.3, -0.25) is 9.69 Å². The third-order valence-corrected chi connectivity index (χ3v) is 5.98. The molecule has 3 rings (SSSR count). The van der Waals surface area contributed by atoms with E-state index in [9.17, 15) is 4.79 Å². The Morgan fingerprint density at radius 3 is 2.79 bits per heavy atom. The van der Waals surface area contributed by atoms with Gasteiger partial charge in [0, 0.05) is 31.4 Å². The SMILES string of the molecule is NCC1(CC(=O)Nc2nc(CN3CCOCC3)cs2)CCCCC1. The summed E-state index contributed by atoms with van der Waals surface area (Å²) in [6.07, 6.45) is 6.29. The van der Waals surface area contributed by atoms with Crippen LogP contribution in [-0.4, -0.2) is 48.6 Å². The van der Waals surface area contributed by atoms with Crippen molar-refractivity contribution in [2.24, 2.45) is 11.1 Å². The molecule has 1 saturated heterocycles. The van der Waals surface area contributed by atoms with Gasteiger partial charge in [0.1, 0.15) is 0 Å². The number of nitrogens with one attached hydrogen (secondary N) is 1. The molecule has 1 saturated carbocycles. The van der Waals surface area contributed by atoms with Crippen LogP contribution >= 0.6 is 11.3 Å². The van der Waals surface area contributed by atoms with Gasteiger partial charge >= 0.3 is 0 Å². The fraction of sp³-hybridized carbons (Fsp3) is 0.765. The van der Waals surface area contributed by atoms with E-state index in [0.717, 1.165) is 51.4 Å². The number of rotatable bonds is 6. The number of anilines is 1. The van der Waals surface area contributed by atoms with Crippen molar-refractivity contribution in [1.29, 1.82) is 0 Å². The Morgan fingerprint density at radius 1 is 1.33 bits per heavy atom. The molecular formula is C17H28N4O2S. The molecule has 1 amide bonds. The fourth-order valence-corrected chi connectivity index (χ4v) is 4.40. The van der Waals surface area contributed by atoms with Crippen LogP contribution in [0.4, 0.5) is 5.13 Å². The third-order valence-electron chi connectivity index (χ3n) is 5.17. The van der Waals surface area contributed by atoms with Crippen molar-refractivity contribution < 1.29 is 9.53 Å². The minimum Gasteiger partial charge on any atom is -0.379 e. The maximum absolute atomic E-state index is 12.4. The Hall–Kier alpha value is -1.02. The first-order valence-electron chi connectivity index (χ1n) is 8.94. The van der Waals surface area contributed by atoms with Crippen molar-refractivity contribution >= 4 is 22.4 Å². The molecule has 2 aliphatic rings. The average Bonchev–Trinajstić information content (AvgIpc) is 3.03. The van der Waals surface area contributed by atoms with Crippen LogP contribution in [0.3, 0.4) is 0 Å². The molecule has 1 aromatic rings. The second kappa shape index (κ2) is 8.38. The number of nitrogens with zero attached hydrogens (tertiary/aromatic N) is 2. The maximum atomic E-state index is 12.4. The van der Waals surface area contributed by atoms with Crippen molar-refractivity contribution in [2.75, 3.05) is 38.2 Å². The number of aromatic nitrogens is 1. The first-order chi connectivity index (χ1) is 11.7. The monoisotopic (exact) mass is 352 g/mol. The summed E-state index contributed by atoms with van der Waals surface area (Å²) in [5.74, 6) is 0.0506. The molecule has 0 bridgehead atoms. The molecule has 24 heavy (non-hydrogen) atoms. The van der Waals surface area contributed by atoms with Gasteiger partial charge in [-0.1, -0.05) is 19.3 Å². The molecule has 7 heteroatoms. The molecule has 1 aliphatic carbocycles. The fourth-order valence-electron chi connectivity index (χ4n) is 3.68. The van der Waals surface area contributed by atoms with Crippen LogP contribution in [0.25, 0.3) is 0 Å². The van der Waals surface area contributed by atoms with Crippen LogP contribution < -0.4 is 11.1 Å². The van der Waals surface area contributed by atoms with E-state index in [1.165, 1.54) is 30.6 Å². The third kappa shape index (κ3) is 4.75. The molecule has 3 N–H and O–H groups in total. The van der Waals surface area contributed by atoms with E-state index in [4.69, 9.17) is 10.5 Å². The van der Waals surface area contributed by atoms with Crippen molar-refractivity contribution in [3.63, 3.8) is 0 Å². The van der Waals surface area contributed by atoms with Gasteiger partial charge < -0.3 is 15.8 Å². The summed E-state index contributed by atoms with van der Waals surface area (Å²) in [5, 5.41) is 5.71. The number of thiazole rings is 1. The first-order valence-corrected chi connectivity index (χ1v) is 9.82. The molecule has 0 unspecified atom stereocenters. The molecule has 0 spiro atoms. The average molecular weight is 353 g/mol. The number of hydrogen-bond acceptors (Lipinski definition) is 6. The highest BCUT2D eigenvalue weighted by molar-refractivity contribution is 7.13. The first kappa shape index (κ1) is 17.8. The van der Waals surface area contributed by atoms with Crippen LogP contribution in [0.2, 0.25) is 0 Å². The molecule has 1 aromatic heterocycles. The lowest BCUT2D eigenvalue weighted by atomic mass is 9.72. The van der Waals surface area contributed by atoms with Gasteiger partial charge in [0.25, 0.3) is 0 Å². The topological polar surface area (TPSA) is 80.5 Å². The van der Waals surface area contributed by atoms with Crippen LogP contribution in [0.5, 0.6) is 0 Å². The van der Waals surface area contributed by atoms with Crippen molar-refractivity contribution in [1.82, 2.24) is 9.88 Å². The van der Waals surface area contributed by atoms with Crippen molar-refractivity contribution in [3.05, 3.63) is 11.1 Å². The summed E-state index contributed by atoms with van der Waals surface area (Å²) in [6, 6.07) is 0. The summed E-state index contributed by atoms with van der Waals surface area (Å²) >= 11 is 1.50.